The third-order valence-electron chi connectivity index (χ3n) is 2.60. The Labute approximate surface area is 115 Å². The molecule has 3 nitrogen and oxygen atoms in total. The number of phenols is 2. The van der Waals surface area contributed by atoms with E-state index >= 15 is 0 Å². The van der Waals surface area contributed by atoms with Crippen LogP contribution in [0.1, 0.15) is 0 Å². The lowest BCUT2D eigenvalue weighted by Crippen LogP contribution is -1.78. The Morgan fingerprint density at radius 3 is 2.78 bits per heavy atom. The van der Waals surface area contributed by atoms with Gasteiger partial charge in [-0.1, -0.05) is 22.0 Å². The number of thiazole rings is 1. The molecule has 90 valence electrons. The summed E-state index contributed by atoms with van der Waals surface area (Å²) >= 11 is 4.89. The summed E-state index contributed by atoms with van der Waals surface area (Å²) in [5.41, 5.74) is 1.42. The standard InChI is InChI=1S/C13H8BrNO2S/c14-7-4-5-9-11(6-7)18-13(15-9)8-2-1-3-10(16)12(8)17/h1-6,16-17H. The average molecular weight is 322 g/mol. The van der Waals surface area contributed by atoms with Crippen LogP contribution in [-0.2, 0) is 0 Å². The van der Waals surface area contributed by atoms with E-state index in [1.165, 1.54) is 17.4 Å². The van der Waals surface area contributed by atoms with E-state index in [-0.39, 0.29) is 11.5 Å². The first-order chi connectivity index (χ1) is 8.65. The minimum Gasteiger partial charge on any atom is -0.504 e. The molecule has 0 amide bonds. The maximum absolute atomic E-state index is 9.84. The van der Waals surface area contributed by atoms with Crippen LogP contribution in [0, 0.1) is 0 Å². The van der Waals surface area contributed by atoms with Gasteiger partial charge in [-0.2, -0.15) is 0 Å². The van der Waals surface area contributed by atoms with Gasteiger partial charge >= 0.3 is 0 Å². The van der Waals surface area contributed by atoms with Crippen molar-refractivity contribution < 1.29 is 10.2 Å². The van der Waals surface area contributed by atoms with Crippen molar-refractivity contribution in [2.24, 2.45) is 0 Å². The number of hydrogen-bond donors (Lipinski definition) is 2. The Kier molecular flexibility index (Phi) is 2.72. The zero-order valence-electron chi connectivity index (χ0n) is 9.09. The SMILES string of the molecule is Oc1cccc(-c2nc3ccc(Br)cc3s2)c1O. The number of fused-ring (bicyclic) bond motifs is 1. The molecule has 0 bridgehead atoms. The second-order valence-corrected chi connectivity index (χ2v) is 5.75. The van der Waals surface area contributed by atoms with Crippen LogP contribution in [0.25, 0.3) is 20.8 Å². The maximum atomic E-state index is 9.84. The van der Waals surface area contributed by atoms with Crippen molar-refractivity contribution in [1.29, 1.82) is 0 Å². The van der Waals surface area contributed by atoms with E-state index in [4.69, 9.17) is 0 Å². The number of nitrogens with zero attached hydrogens (tertiary/aromatic N) is 1. The van der Waals surface area contributed by atoms with Crippen LogP contribution in [0.3, 0.4) is 0 Å². The van der Waals surface area contributed by atoms with Crippen molar-refractivity contribution in [2.45, 2.75) is 0 Å². The highest BCUT2D eigenvalue weighted by Gasteiger charge is 2.12. The zero-order chi connectivity index (χ0) is 12.7. The molecule has 18 heavy (non-hydrogen) atoms. The Morgan fingerprint density at radius 2 is 1.94 bits per heavy atom. The van der Waals surface area contributed by atoms with Crippen molar-refractivity contribution in [2.75, 3.05) is 0 Å². The monoisotopic (exact) mass is 321 g/mol. The van der Waals surface area contributed by atoms with Gasteiger partial charge in [0, 0.05) is 4.47 Å². The van der Waals surface area contributed by atoms with E-state index in [1.807, 2.05) is 18.2 Å². The first kappa shape index (κ1) is 11.5. The molecule has 0 saturated carbocycles. The Balaban J connectivity index is 2.22. The topological polar surface area (TPSA) is 53.4 Å². The number of aromatic nitrogens is 1. The van der Waals surface area contributed by atoms with Crippen LogP contribution in [-0.4, -0.2) is 15.2 Å². The second-order valence-electron chi connectivity index (χ2n) is 3.80. The van der Waals surface area contributed by atoms with Crippen LogP contribution in [0.15, 0.2) is 40.9 Å². The second kappa shape index (κ2) is 4.26. The molecule has 0 aliphatic rings. The lowest BCUT2D eigenvalue weighted by molar-refractivity contribution is 0.405. The molecule has 0 saturated heterocycles. The smallest absolute Gasteiger partial charge is 0.167 e. The fourth-order valence-electron chi connectivity index (χ4n) is 1.72. The normalized spacial score (nSPS) is 10.9. The lowest BCUT2D eigenvalue weighted by atomic mass is 10.2. The Bertz CT molecular complexity index is 739. The molecule has 0 aliphatic heterocycles. The van der Waals surface area contributed by atoms with Crippen molar-refractivity contribution >= 4 is 37.5 Å². The van der Waals surface area contributed by atoms with Crippen molar-refractivity contribution in [3.8, 4) is 22.1 Å². The largest absolute Gasteiger partial charge is 0.504 e. The average Bonchev–Trinajstić information content (AvgIpc) is 2.75. The van der Waals surface area contributed by atoms with E-state index in [9.17, 15) is 10.2 Å². The highest BCUT2D eigenvalue weighted by Crippen LogP contribution is 2.39. The van der Waals surface area contributed by atoms with Crippen LogP contribution in [0.2, 0.25) is 0 Å². The number of hydrogen-bond acceptors (Lipinski definition) is 4. The maximum Gasteiger partial charge on any atom is 0.167 e. The van der Waals surface area contributed by atoms with Gasteiger partial charge in [-0.25, -0.2) is 4.98 Å². The number of phenolic OH excluding ortho intramolecular Hbond substituents is 2. The minimum absolute atomic E-state index is 0.129. The summed E-state index contributed by atoms with van der Waals surface area (Å²) in [6.07, 6.45) is 0. The molecule has 3 rings (SSSR count). The van der Waals surface area contributed by atoms with Crippen molar-refractivity contribution in [3.05, 3.63) is 40.9 Å². The van der Waals surface area contributed by atoms with Gasteiger partial charge in [0.15, 0.2) is 11.5 Å². The van der Waals surface area contributed by atoms with Gasteiger partial charge in [-0.05, 0) is 30.3 Å². The highest BCUT2D eigenvalue weighted by molar-refractivity contribution is 9.10. The summed E-state index contributed by atoms with van der Waals surface area (Å²) in [5.74, 6) is -0.261. The number of aromatic hydroxyl groups is 2. The third kappa shape index (κ3) is 1.85. The fraction of sp³-hybridized carbons (Fsp3) is 0. The summed E-state index contributed by atoms with van der Waals surface area (Å²) in [6.45, 7) is 0. The van der Waals surface area contributed by atoms with Gasteiger partial charge in [0.25, 0.3) is 0 Å². The summed E-state index contributed by atoms with van der Waals surface area (Å²) in [7, 11) is 0. The molecule has 0 radical (unpaired) electrons. The molecule has 1 heterocycles. The van der Waals surface area contributed by atoms with Gasteiger partial charge in [-0.15, -0.1) is 11.3 Å². The number of halogens is 1. The zero-order valence-corrected chi connectivity index (χ0v) is 11.5. The van der Waals surface area contributed by atoms with E-state index < -0.39 is 0 Å². The molecule has 3 aromatic rings. The molecule has 2 aromatic carbocycles. The molecule has 2 N–H and O–H groups in total. The molecular weight excluding hydrogens is 314 g/mol. The molecule has 0 spiro atoms. The predicted octanol–water partition coefficient (Wildman–Crippen LogP) is 4.14. The van der Waals surface area contributed by atoms with Crippen molar-refractivity contribution in [1.82, 2.24) is 4.98 Å². The van der Waals surface area contributed by atoms with Crippen molar-refractivity contribution in [3.63, 3.8) is 0 Å². The minimum atomic E-state index is -0.132. The summed E-state index contributed by atoms with van der Waals surface area (Å²) in [4.78, 5) is 4.45. The summed E-state index contributed by atoms with van der Waals surface area (Å²) in [5, 5.41) is 20.0. The van der Waals surface area contributed by atoms with E-state index in [2.05, 4.69) is 20.9 Å². The van der Waals surface area contributed by atoms with Gasteiger partial charge in [0.2, 0.25) is 0 Å². The predicted molar refractivity (Wildman–Crippen MR) is 76.1 cm³/mol. The van der Waals surface area contributed by atoms with E-state index in [1.54, 1.807) is 12.1 Å². The molecule has 1 aromatic heterocycles. The number of para-hydroxylation sites is 1. The summed E-state index contributed by atoms with van der Waals surface area (Å²) < 4.78 is 2.02. The van der Waals surface area contributed by atoms with Gasteiger partial charge in [0.1, 0.15) is 5.01 Å². The van der Waals surface area contributed by atoms with Crippen LogP contribution in [0.5, 0.6) is 11.5 Å². The van der Waals surface area contributed by atoms with E-state index in [0.717, 1.165) is 14.7 Å². The van der Waals surface area contributed by atoms with Crippen LogP contribution >= 0.6 is 27.3 Å². The molecule has 0 aliphatic carbocycles. The Morgan fingerprint density at radius 1 is 1.11 bits per heavy atom. The lowest BCUT2D eigenvalue weighted by Gasteiger charge is -2.01. The molecule has 0 unspecified atom stereocenters. The van der Waals surface area contributed by atoms with Crippen LogP contribution < -0.4 is 0 Å². The first-order valence-corrected chi connectivity index (χ1v) is 6.83. The number of benzene rings is 2. The van der Waals surface area contributed by atoms with Gasteiger partial charge in [-0.3, -0.25) is 0 Å². The third-order valence-corrected chi connectivity index (χ3v) is 4.14. The first-order valence-electron chi connectivity index (χ1n) is 5.22. The van der Waals surface area contributed by atoms with Crippen LogP contribution in [0.4, 0.5) is 0 Å². The molecule has 0 atom stereocenters. The van der Waals surface area contributed by atoms with Gasteiger partial charge in [0.05, 0.1) is 15.8 Å². The van der Waals surface area contributed by atoms with E-state index in [0.29, 0.717) is 10.6 Å². The molecular formula is C13H8BrNO2S. The molecule has 0 fully saturated rings. The summed E-state index contributed by atoms with van der Waals surface area (Å²) in [6, 6.07) is 10.7. The fourth-order valence-corrected chi connectivity index (χ4v) is 3.26. The molecule has 5 heteroatoms. The highest BCUT2D eigenvalue weighted by atomic mass is 79.9. The quantitative estimate of drug-likeness (QED) is 0.662. The van der Waals surface area contributed by atoms with Gasteiger partial charge < -0.3 is 10.2 Å². The number of rotatable bonds is 1. The Hall–Kier alpha value is -1.59.